The Labute approximate surface area is 142 Å². The molecule has 2 atom stereocenters. The van der Waals surface area contributed by atoms with Crippen molar-refractivity contribution in [3.05, 3.63) is 48.5 Å². The zero-order valence-electron chi connectivity index (χ0n) is 13.8. The lowest BCUT2D eigenvalue weighted by atomic mass is 9.88. The van der Waals surface area contributed by atoms with Crippen molar-refractivity contribution < 1.29 is 4.74 Å². The molecule has 0 radical (unpaired) electrons. The van der Waals surface area contributed by atoms with Gasteiger partial charge in [0, 0.05) is 44.3 Å². The fourth-order valence-corrected chi connectivity index (χ4v) is 3.85. The third-order valence-electron chi connectivity index (χ3n) is 4.88. The smallest absolute Gasteiger partial charge is 0.222 e. The van der Waals surface area contributed by atoms with Crippen molar-refractivity contribution in [3.63, 3.8) is 0 Å². The summed E-state index contributed by atoms with van der Waals surface area (Å²) in [4.78, 5) is 15.1. The fraction of sp³-hybridized carbons (Fsp3) is 0.500. The van der Waals surface area contributed by atoms with Crippen LogP contribution in [0.25, 0.3) is 0 Å². The monoisotopic (exact) mass is 325 g/mol. The van der Waals surface area contributed by atoms with Gasteiger partial charge in [0.25, 0.3) is 0 Å². The predicted molar refractivity (Wildman–Crippen MR) is 91.5 cm³/mol. The summed E-state index contributed by atoms with van der Waals surface area (Å²) in [5, 5.41) is 3.40. The molecule has 0 saturated carbocycles. The number of anilines is 1. The Morgan fingerprint density at radius 3 is 2.88 bits per heavy atom. The van der Waals surface area contributed by atoms with E-state index in [0.29, 0.717) is 5.95 Å². The Morgan fingerprint density at radius 2 is 2.04 bits per heavy atom. The molecule has 6 heteroatoms. The summed E-state index contributed by atoms with van der Waals surface area (Å²) in [5.74, 6) is 0.688. The highest BCUT2D eigenvalue weighted by Crippen LogP contribution is 2.35. The van der Waals surface area contributed by atoms with Gasteiger partial charge in [-0.2, -0.15) is 0 Å². The number of aromatic nitrogens is 3. The van der Waals surface area contributed by atoms with E-state index in [1.165, 1.54) is 12.0 Å². The van der Waals surface area contributed by atoms with Crippen molar-refractivity contribution in [1.29, 1.82) is 0 Å². The third-order valence-corrected chi connectivity index (χ3v) is 4.88. The minimum absolute atomic E-state index is 0.0300. The summed E-state index contributed by atoms with van der Waals surface area (Å²) in [6.07, 6.45) is 10.6. The van der Waals surface area contributed by atoms with Gasteiger partial charge in [-0.25, -0.2) is 9.97 Å². The lowest BCUT2D eigenvalue weighted by Gasteiger charge is -2.39. The van der Waals surface area contributed by atoms with E-state index in [-0.39, 0.29) is 11.6 Å². The fourth-order valence-electron chi connectivity index (χ4n) is 3.85. The molecule has 2 aliphatic rings. The van der Waals surface area contributed by atoms with Crippen molar-refractivity contribution >= 4 is 5.95 Å². The molecule has 2 saturated heterocycles. The van der Waals surface area contributed by atoms with Crippen LogP contribution in [0.1, 0.15) is 24.8 Å². The summed E-state index contributed by atoms with van der Waals surface area (Å²) in [6, 6.07) is 6.30. The topological polar surface area (TPSA) is 63.2 Å². The molecule has 2 aliphatic heterocycles. The second-order valence-corrected chi connectivity index (χ2v) is 6.78. The maximum absolute atomic E-state index is 6.26. The van der Waals surface area contributed by atoms with Crippen LogP contribution in [0, 0.1) is 0 Å². The number of hydrogen-bond acceptors (Lipinski definition) is 6. The van der Waals surface area contributed by atoms with Crippen LogP contribution in [0.15, 0.2) is 43.0 Å². The molecular formula is C18H23N5O. The summed E-state index contributed by atoms with van der Waals surface area (Å²) in [6.45, 7) is 3.81. The Balaban J connectivity index is 1.37. The first kappa shape index (κ1) is 15.5. The quantitative estimate of drug-likeness (QED) is 0.929. The molecule has 0 aliphatic carbocycles. The van der Waals surface area contributed by atoms with Crippen LogP contribution in [0.4, 0.5) is 5.95 Å². The highest BCUT2D eigenvalue weighted by atomic mass is 16.5. The first-order chi connectivity index (χ1) is 11.8. The molecule has 2 aromatic heterocycles. The number of rotatable bonds is 4. The van der Waals surface area contributed by atoms with Gasteiger partial charge in [0.05, 0.1) is 18.2 Å². The standard InChI is InChI=1S/C18H23N5O/c1-5-18(14-23(10-1)12-15-3-8-19-9-4-15)11-16(13-24-18)22-17-20-6-2-7-21-17/h2-4,6-9,16H,1,5,10-14H2,(H,20,21,22). The molecule has 1 N–H and O–H groups in total. The lowest BCUT2D eigenvalue weighted by Crippen LogP contribution is -2.47. The van der Waals surface area contributed by atoms with E-state index >= 15 is 0 Å². The molecular weight excluding hydrogens is 302 g/mol. The van der Waals surface area contributed by atoms with Crippen LogP contribution in [0.3, 0.4) is 0 Å². The zero-order valence-corrected chi connectivity index (χ0v) is 13.8. The Kier molecular flexibility index (Phi) is 4.40. The molecule has 2 aromatic rings. The van der Waals surface area contributed by atoms with Gasteiger partial charge in [0.2, 0.25) is 5.95 Å². The van der Waals surface area contributed by atoms with Crippen molar-refractivity contribution in [1.82, 2.24) is 19.9 Å². The number of nitrogens with one attached hydrogen (secondary N) is 1. The van der Waals surface area contributed by atoms with E-state index in [9.17, 15) is 0 Å². The average molecular weight is 325 g/mol. The van der Waals surface area contributed by atoms with E-state index in [0.717, 1.165) is 39.1 Å². The Morgan fingerprint density at radius 1 is 1.21 bits per heavy atom. The molecule has 0 bridgehead atoms. The molecule has 2 fully saturated rings. The second-order valence-electron chi connectivity index (χ2n) is 6.78. The van der Waals surface area contributed by atoms with E-state index in [4.69, 9.17) is 4.74 Å². The normalized spacial score (nSPS) is 27.4. The summed E-state index contributed by atoms with van der Waals surface area (Å²) >= 11 is 0. The largest absolute Gasteiger partial charge is 0.371 e. The van der Waals surface area contributed by atoms with Crippen molar-refractivity contribution in [2.24, 2.45) is 0 Å². The SMILES string of the molecule is c1cnc(NC2COC3(CCCN(Cc4ccncc4)C3)C2)nc1. The maximum Gasteiger partial charge on any atom is 0.222 e. The van der Waals surface area contributed by atoms with Gasteiger partial charge in [-0.1, -0.05) is 0 Å². The van der Waals surface area contributed by atoms with E-state index in [2.05, 4.69) is 37.3 Å². The highest BCUT2D eigenvalue weighted by Gasteiger charge is 2.43. The summed E-state index contributed by atoms with van der Waals surface area (Å²) in [7, 11) is 0. The summed E-state index contributed by atoms with van der Waals surface area (Å²) in [5.41, 5.74) is 1.28. The number of hydrogen-bond donors (Lipinski definition) is 1. The van der Waals surface area contributed by atoms with Gasteiger partial charge in [-0.15, -0.1) is 0 Å². The molecule has 4 heterocycles. The molecule has 1 spiro atoms. The van der Waals surface area contributed by atoms with Crippen LogP contribution in [0.5, 0.6) is 0 Å². The Bertz CT molecular complexity index is 653. The average Bonchev–Trinajstić information content (AvgIpc) is 2.98. The zero-order chi connectivity index (χ0) is 16.2. The number of nitrogens with zero attached hydrogens (tertiary/aromatic N) is 4. The predicted octanol–water partition coefficient (Wildman–Crippen LogP) is 2.11. The third kappa shape index (κ3) is 3.55. The van der Waals surface area contributed by atoms with Crippen LogP contribution < -0.4 is 5.32 Å². The van der Waals surface area contributed by atoms with E-state index in [1.807, 2.05) is 18.5 Å². The first-order valence-electron chi connectivity index (χ1n) is 8.60. The highest BCUT2D eigenvalue weighted by molar-refractivity contribution is 5.25. The van der Waals surface area contributed by atoms with Crippen LogP contribution >= 0.6 is 0 Å². The van der Waals surface area contributed by atoms with Gasteiger partial charge in [0.1, 0.15) is 0 Å². The molecule has 4 rings (SSSR count). The minimum Gasteiger partial charge on any atom is -0.371 e. The number of pyridine rings is 1. The maximum atomic E-state index is 6.26. The van der Waals surface area contributed by atoms with Gasteiger partial charge >= 0.3 is 0 Å². The van der Waals surface area contributed by atoms with Gasteiger partial charge in [-0.3, -0.25) is 9.88 Å². The second kappa shape index (κ2) is 6.83. The molecule has 126 valence electrons. The molecule has 0 aromatic carbocycles. The molecule has 6 nitrogen and oxygen atoms in total. The van der Waals surface area contributed by atoms with E-state index in [1.54, 1.807) is 12.4 Å². The summed E-state index contributed by atoms with van der Waals surface area (Å²) < 4.78 is 6.26. The Hall–Kier alpha value is -2.05. The molecule has 2 unspecified atom stereocenters. The van der Waals surface area contributed by atoms with Crippen LogP contribution in [0.2, 0.25) is 0 Å². The van der Waals surface area contributed by atoms with Crippen LogP contribution in [-0.4, -0.2) is 51.2 Å². The van der Waals surface area contributed by atoms with Crippen molar-refractivity contribution in [2.45, 2.75) is 37.5 Å². The van der Waals surface area contributed by atoms with E-state index < -0.39 is 0 Å². The van der Waals surface area contributed by atoms with Crippen LogP contribution in [-0.2, 0) is 11.3 Å². The van der Waals surface area contributed by atoms with Gasteiger partial charge < -0.3 is 10.1 Å². The number of ether oxygens (including phenoxy) is 1. The van der Waals surface area contributed by atoms with Gasteiger partial charge in [-0.05, 0) is 43.1 Å². The molecule has 0 amide bonds. The minimum atomic E-state index is -0.0300. The van der Waals surface area contributed by atoms with Crippen molar-refractivity contribution in [2.75, 3.05) is 25.0 Å². The molecule has 24 heavy (non-hydrogen) atoms. The number of piperidine rings is 1. The lowest BCUT2D eigenvalue weighted by molar-refractivity contribution is -0.0533. The van der Waals surface area contributed by atoms with Gasteiger partial charge in [0.15, 0.2) is 0 Å². The number of likely N-dealkylation sites (tertiary alicyclic amines) is 1. The van der Waals surface area contributed by atoms with Crippen molar-refractivity contribution in [3.8, 4) is 0 Å². The first-order valence-corrected chi connectivity index (χ1v) is 8.60.